The van der Waals surface area contributed by atoms with E-state index in [9.17, 15) is 9.59 Å². The Morgan fingerprint density at radius 3 is 2.52 bits per heavy atom. The maximum absolute atomic E-state index is 11.8. The van der Waals surface area contributed by atoms with E-state index in [4.69, 9.17) is 16.3 Å². The average Bonchev–Trinajstić information content (AvgIpc) is 2.55. The minimum Gasteiger partial charge on any atom is -0.494 e. The molecule has 2 rings (SSSR count). The number of thioether (sulfide) groups is 1. The van der Waals surface area contributed by atoms with E-state index in [1.165, 1.54) is 17.7 Å². The quantitative estimate of drug-likeness (QED) is 0.717. The molecule has 124 valence electrons. The van der Waals surface area contributed by atoms with Gasteiger partial charge in [0.1, 0.15) is 5.75 Å². The second kappa shape index (κ2) is 8.26. The van der Waals surface area contributed by atoms with Gasteiger partial charge in [0.15, 0.2) is 0 Å². The Hall–Kier alpha value is -1.66. The summed E-state index contributed by atoms with van der Waals surface area (Å²) in [6, 6.07) is 8.78. The largest absolute Gasteiger partial charge is 0.494 e. The van der Waals surface area contributed by atoms with E-state index in [-0.39, 0.29) is 11.2 Å². The van der Waals surface area contributed by atoms with Crippen molar-refractivity contribution < 1.29 is 4.74 Å². The maximum atomic E-state index is 11.8. The van der Waals surface area contributed by atoms with Crippen LogP contribution in [-0.4, -0.2) is 21.5 Å². The topological polar surface area (TPSA) is 53.2 Å². The summed E-state index contributed by atoms with van der Waals surface area (Å²) in [7, 11) is 3.16. The summed E-state index contributed by atoms with van der Waals surface area (Å²) < 4.78 is 8.23. The van der Waals surface area contributed by atoms with Gasteiger partial charge in [-0.1, -0.05) is 11.6 Å². The van der Waals surface area contributed by atoms with Gasteiger partial charge in [0.25, 0.3) is 5.56 Å². The monoisotopic (exact) mass is 354 g/mol. The van der Waals surface area contributed by atoms with Crippen molar-refractivity contribution in [2.24, 2.45) is 14.1 Å². The zero-order valence-electron chi connectivity index (χ0n) is 13.1. The van der Waals surface area contributed by atoms with Crippen LogP contribution in [0.3, 0.4) is 0 Å². The Bertz CT molecular complexity index is 768. The smallest absolute Gasteiger partial charge is 0.330 e. The lowest BCUT2D eigenvalue weighted by atomic mass is 10.3. The van der Waals surface area contributed by atoms with Crippen LogP contribution < -0.4 is 16.0 Å². The highest BCUT2D eigenvalue weighted by Crippen LogP contribution is 2.16. The van der Waals surface area contributed by atoms with Crippen LogP contribution in [-0.2, 0) is 19.8 Å². The first-order valence-corrected chi connectivity index (χ1v) is 8.74. The highest BCUT2D eigenvalue weighted by Gasteiger charge is 2.05. The molecule has 0 radical (unpaired) electrons. The van der Waals surface area contributed by atoms with E-state index in [2.05, 4.69) is 0 Å². The standard InChI is InChI=1S/C16H19ClN2O3S/c1-18-13(10-15(20)19(2)16(18)21)11-23-9-3-8-22-14-6-4-12(17)5-7-14/h4-7,10H,3,8-9,11H2,1-2H3. The number of rotatable bonds is 7. The van der Waals surface area contributed by atoms with Gasteiger partial charge in [0.05, 0.1) is 6.61 Å². The SMILES string of the molecule is Cn1c(CSCCCOc2ccc(Cl)cc2)cc(=O)n(C)c1=O. The number of halogens is 1. The molecule has 0 aliphatic heterocycles. The third-order valence-electron chi connectivity index (χ3n) is 3.39. The molecule has 0 unspecified atom stereocenters. The van der Waals surface area contributed by atoms with Crippen LogP contribution in [0.4, 0.5) is 0 Å². The molecule has 0 amide bonds. The molecule has 0 saturated carbocycles. The summed E-state index contributed by atoms with van der Waals surface area (Å²) in [6.45, 7) is 0.615. The predicted molar refractivity (Wildman–Crippen MR) is 94.7 cm³/mol. The number of benzene rings is 1. The molecule has 0 fully saturated rings. The molecule has 23 heavy (non-hydrogen) atoms. The fourth-order valence-electron chi connectivity index (χ4n) is 1.98. The normalized spacial score (nSPS) is 10.7. The summed E-state index contributed by atoms with van der Waals surface area (Å²) in [5.41, 5.74) is 0.177. The first-order valence-electron chi connectivity index (χ1n) is 7.21. The van der Waals surface area contributed by atoms with Gasteiger partial charge in [0.2, 0.25) is 0 Å². The second-order valence-corrected chi connectivity index (χ2v) is 6.62. The van der Waals surface area contributed by atoms with Crippen LogP contribution in [0.1, 0.15) is 12.1 Å². The second-order valence-electron chi connectivity index (χ2n) is 5.08. The molecule has 1 heterocycles. The van der Waals surface area contributed by atoms with E-state index in [1.807, 2.05) is 12.1 Å². The van der Waals surface area contributed by atoms with Crippen molar-refractivity contribution in [2.45, 2.75) is 12.2 Å². The third kappa shape index (κ3) is 4.91. The van der Waals surface area contributed by atoms with Gasteiger partial charge in [-0.15, -0.1) is 0 Å². The number of nitrogens with zero attached hydrogens (tertiary/aromatic N) is 2. The predicted octanol–water partition coefficient (Wildman–Crippen LogP) is 2.44. The maximum Gasteiger partial charge on any atom is 0.330 e. The molecule has 0 N–H and O–H groups in total. The van der Waals surface area contributed by atoms with Crippen molar-refractivity contribution in [3.8, 4) is 5.75 Å². The molecule has 1 aromatic carbocycles. The number of ether oxygens (including phenoxy) is 1. The van der Waals surface area contributed by atoms with E-state index < -0.39 is 0 Å². The van der Waals surface area contributed by atoms with E-state index in [0.717, 1.165) is 28.2 Å². The first-order chi connectivity index (χ1) is 11.0. The Balaban J connectivity index is 1.75. The Morgan fingerprint density at radius 1 is 1.13 bits per heavy atom. The highest BCUT2D eigenvalue weighted by molar-refractivity contribution is 7.98. The average molecular weight is 355 g/mol. The van der Waals surface area contributed by atoms with Crippen LogP contribution in [0.2, 0.25) is 5.02 Å². The van der Waals surface area contributed by atoms with Gasteiger partial charge in [-0.3, -0.25) is 13.9 Å². The summed E-state index contributed by atoms with van der Waals surface area (Å²) in [6.07, 6.45) is 0.881. The Morgan fingerprint density at radius 2 is 1.83 bits per heavy atom. The van der Waals surface area contributed by atoms with Crippen LogP contribution in [0.15, 0.2) is 39.9 Å². The minimum absolute atomic E-state index is 0.269. The molecule has 0 aliphatic rings. The van der Waals surface area contributed by atoms with Crippen LogP contribution in [0.5, 0.6) is 5.75 Å². The molecular formula is C16H19ClN2O3S. The fourth-order valence-corrected chi connectivity index (χ4v) is 3.05. The Labute approximate surface area is 143 Å². The van der Waals surface area contributed by atoms with Crippen LogP contribution in [0, 0.1) is 0 Å². The van der Waals surface area contributed by atoms with E-state index in [0.29, 0.717) is 17.4 Å². The lowest BCUT2D eigenvalue weighted by Crippen LogP contribution is -2.37. The zero-order valence-corrected chi connectivity index (χ0v) is 14.7. The number of hydrogen-bond acceptors (Lipinski definition) is 4. The van der Waals surface area contributed by atoms with Gasteiger partial charge < -0.3 is 4.74 Å². The molecule has 0 bridgehead atoms. The molecule has 0 aliphatic carbocycles. The summed E-state index contributed by atoms with van der Waals surface area (Å²) >= 11 is 7.48. The highest BCUT2D eigenvalue weighted by atomic mass is 35.5. The third-order valence-corrected chi connectivity index (χ3v) is 4.72. The molecule has 0 saturated heterocycles. The minimum atomic E-state index is -0.292. The van der Waals surface area contributed by atoms with Crippen molar-refractivity contribution in [2.75, 3.05) is 12.4 Å². The summed E-state index contributed by atoms with van der Waals surface area (Å²) in [4.78, 5) is 23.5. The molecular weight excluding hydrogens is 336 g/mol. The number of aromatic nitrogens is 2. The Kier molecular flexibility index (Phi) is 6.36. The lowest BCUT2D eigenvalue weighted by molar-refractivity contribution is 0.318. The molecule has 7 heteroatoms. The zero-order chi connectivity index (χ0) is 16.8. The summed E-state index contributed by atoms with van der Waals surface area (Å²) in [5, 5.41) is 0.688. The van der Waals surface area contributed by atoms with Gasteiger partial charge in [-0.05, 0) is 36.4 Å². The van der Waals surface area contributed by atoms with E-state index in [1.54, 1.807) is 30.9 Å². The van der Waals surface area contributed by atoms with E-state index >= 15 is 0 Å². The van der Waals surface area contributed by atoms with Crippen molar-refractivity contribution in [1.82, 2.24) is 9.13 Å². The van der Waals surface area contributed by atoms with Gasteiger partial charge >= 0.3 is 5.69 Å². The van der Waals surface area contributed by atoms with Crippen molar-refractivity contribution in [3.05, 3.63) is 61.9 Å². The van der Waals surface area contributed by atoms with Crippen molar-refractivity contribution >= 4 is 23.4 Å². The van der Waals surface area contributed by atoms with Crippen LogP contribution >= 0.6 is 23.4 Å². The van der Waals surface area contributed by atoms with Crippen molar-refractivity contribution in [1.29, 1.82) is 0 Å². The molecule has 0 atom stereocenters. The number of hydrogen-bond donors (Lipinski definition) is 0. The van der Waals surface area contributed by atoms with Gasteiger partial charge in [-0.25, -0.2) is 4.79 Å². The van der Waals surface area contributed by atoms with Gasteiger partial charge in [-0.2, -0.15) is 11.8 Å². The fraction of sp³-hybridized carbons (Fsp3) is 0.375. The summed E-state index contributed by atoms with van der Waals surface area (Å²) in [5.74, 6) is 2.31. The van der Waals surface area contributed by atoms with Crippen LogP contribution in [0.25, 0.3) is 0 Å². The lowest BCUT2D eigenvalue weighted by Gasteiger charge is -2.09. The molecule has 2 aromatic rings. The van der Waals surface area contributed by atoms with Gasteiger partial charge in [0, 0.05) is 36.6 Å². The van der Waals surface area contributed by atoms with Crippen molar-refractivity contribution in [3.63, 3.8) is 0 Å². The first kappa shape index (κ1) is 17.7. The molecule has 1 aromatic heterocycles. The molecule has 5 nitrogen and oxygen atoms in total. The molecule has 0 spiro atoms.